The molecule has 0 radical (unpaired) electrons. The van der Waals surface area contributed by atoms with Crippen molar-refractivity contribution in [1.82, 2.24) is 4.90 Å². The van der Waals surface area contributed by atoms with Crippen molar-refractivity contribution < 1.29 is 27.8 Å². The molecular formula is C27H39N3O6S. The fraction of sp³-hybridized carbons (Fsp3) is 0.519. The summed E-state index contributed by atoms with van der Waals surface area (Å²) in [5.74, 6) is -0.250. The van der Waals surface area contributed by atoms with Gasteiger partial charge in [0.15, 0.2) is 0 Å². The van der Waals surface area contributed by atoms with Crippen LogP contribution in [0.4, 0.5) is 10.5 Å². The number of aryl methyl sites for hydroxylation is 1. The van der Waals surface area contributed by atoms with E-state index in [1.165, 1.54) is 23.5 Å². The summed E-state index contributed by atoms with van der Waals surface area (Å²) in [4.78, 5) is 14.5. The molecule has 204 valence electrons. The zero-order chi connectivity index (χ0) is 27.2. The highest BCUT2D eigenvalue weighted by molar-refractivity contribution is 7.92. The van der Waals surface area contributed by atoms with E-state index < -0.39 is 10.0 Å². The molecule has 0 bridgehead atoms. The number of sulfonamides is 1. The molecule has 9 nitrogen and oxygen atoms in total. The van der Waals surface area contributed by atoms with E-state index in [1.807, 2.05) is 26.8 Å². The van der Waals surface area contributed by atoms with Crippen LogP contribution in [-0.4, -0.2) is 69.5 Å². The molecule has 10 heteroatoms. The predicted octanol–water partition coefficient (Wildman–Crippen LogP) is 3.75. The number of nitrogens with zero attached hydrogens (tertiary/aromatic N) is 2. The lowest BCUT2D eigenvalue weighted by molar-refractivity contribution is -0.142. The van der Waals surface area contributed by atoms with Gasteiger partial charge in [-0.15, -0.1) is 0 Å². The second kappa shape index (κ2) is 12.1. The van der Waals surface area contributed by atoms with Crippen molar-refractivity contribution >= 4 is 21.8 Å². The lowest BCUT2D eigenvalue weighted by Gasteiger charge is -2.50. The SMILES string of the molecule is CCC1(N(C(=O)OC)C(C)CCc2ccc(N(C[C@@H](C)CN)S(=O)(=O)c3ccccc3)c(O)c2)COC1. The number of hydrogen-bond donors (Lipinski definition) is 2. The second-order valence-electron chi connectivity index (χ2n) is 9.81. The average Bonchev–Trinajstić information content (AvgIpc) is 2.88. The van der Waals surface area contributed by atoms with Crippen molar-refractivity contribution in [2.24, 2.45) is 11.7 Å². The third-order valence-corrected chi connectivity index (χ3v) is 8.89. The molecular weight excluding hydrogens is 494 g/mol. The number of carbonyl (C=O) groups is 1. The summed E-state index contributed by atoms with van der Waals surface area (Å²) >= 11 is 0. The topological polar surface area (TPSA) is 122 Å². The number of aromatic hydroxyl groups is 1. The zero-order valence-electron chi connectivity index (χ0n) is 22.1. The van der Waals surface area contributed by atoms with E-state index in [0.29, 0.717) is 32.6 Å². The van der Waals surface area contributed by atoms with Crippen molar-refractivity contribution in [2.75, 3.05) is 37.7 Å². The van der Waals surface area contributed by atoms with Crippen LogP contribution < -0.4 is 10.0 Å². The van der Waals surface area contributed by atoms with Crippen LogP contribution in [0.1, 0.15) is 39.2 Å². The third-order valence-electron chi connectivity index (χ3n) is 7.09. The molecule has 37 heavy (non-hydrogen) atoms. The van der Waals surface area contributed by atoms with Crippen molar-refractivity contribution in [3.63, 3.8) is 0 Å². The van der Waals surface area contributed by atoms with Gasteiger partial charge in [-0.3, -0.25) is 9.21 Å². The Morgan fingerprint density at radius 3 is 2.38 bits per heavy atom. The number of amides is 1. The van der Waals surface area contributed by atoms with Gasteiger partial charge in [-0.2, -0.15) is 0 Å². The van der Waals surface area contributed by atoms with Crippen LogP contribution in [0.5, 0.6) is 5.75 Å². The molecule has 0 aliphatic carbocycles. The van der Waals surface area contributed by atoms with Crippen molar-refractivity contribution in [3.05, 3.63) is 54.1 Å². The first kappa shape index (κ1) is 28.7. The van der Waals surface area contributed by atoms with E-state index >= 15 is 0 Å². The molecule has 0 saturated carbocycles. The Balaban J connectivity index is 1.82. The standard InChI is InChI=1S/C27H39N3O6S/c1-5-27(18-36-19-27)30(26(32)35-4)21(3)11-12-22-13-14-24(25(31)15-22)29(17-20(2)16-28)37(33,34)23-9-7-6-8-10-23/h6-10,13-15,20-21,31H,5,11-12,16-19,28H2,1-4H3/t20-,21?/m0/s1. The van der Waals surface area contributed by atoms with Gasteiger partial charge in [-0.25, -0.2) is 13.2 Å². The van der Waals surface area contributed by atoms with E-state index in [1.54, 1.807) is 35.2 Å². The highest BCUT2D eigenvalue weighted by Crippen LogP contribution is 2.35. The molecule has 1 aliphatic heterocycles. The molecule has 2 aromatic rings. The molecule has 1 unspecified atom stereocenters. The van der Waals surface area contributed by atoms with Gasteiger partial charge in [-0.1, -0.05) is 38.1 Å². The number of phenolic OH excluding ortho intramolecular Hbond substituents is 1. The summed E-state index contributed by atoms with van der Waals surface area (Å²) in [6.07, 6.45) is 1.58. The maximum absolute atomic E-state index is 13.5. The summed E-state index contributed by atoms with van der Waals surface area (Å²) in [5.41, 5.74) is 6.45. The largest absolute Gasteiger partial charge is 0.506 e. The molecule has 1 saturated heterocycles. The van der Waals surface area contributed by atoms with E-state index in [9.17, 15) is 18.3 Å². The first-order chi connectivity index (χ1) is 17.6. The Kier molecular flexibility index (Phi) is 9.44. The van der Waals surface area contributed by atoms with Gasteiger partial charge in [0.2, 0.25) is 0 Å². The Hall–Kier alpha value is -2.82. The number of rotatable bonds is 12. The number of carbonyl (C=O) groups excluding carboxylic acids is 1. The van der Waals surface area contributed by atoms with Gasteiger partial charge < -0.3 is 20.3 Å². The number of nitrogens with two attached hydrogens (primary N) is 1. The van der Waals surface area contributed by atoms with E-state index in [4.69, 9.17) is 15.2 Å². The van der Waals surface area contributed by atoms with Crippen LogP contribution in [0.3, 0.4) is 0 Å². The van der Waals surface area contributed by atoms with Crippen molar-refractivity contribution in [1.29, 1.82) is 0 Å². The van der Waals surface area contributed by atoms with Gasteiger partial charge in [0, 0.05) is 12.6 Å². The summed E-state index contributed by atoms with van der Waals surface area (Å²) in [7, 11) is -2.53. The fourth-order valence-electron chi connectivity index (χ4n) is 4.63. The number of benzene rings is 2. The van der Waals surface area contributed by atoms with Crippen LogP contribution in [0.15, 0.2) is 53.4 Å². The van der Waals surface area contributed by atoms with Crippen LogP contribution in [0, 0.1) is 5.92 Å². The Bertz CT molecular complexity index is 1150. The summed E-state index contributed by atoms with van der Waals surface area (Å²) in [5, 5.41) is 10.9. The Morgan fingerprint density at radius 1 is 1.19 bits per heavy atom. The van der Waals surface area contributed by atoms with Crippen LogP contribution >= 0.6 is 0 Å². The minimum absolute atomic E-state index is 0.121. The number of phenols is 1. The third kappa shape index (κ3) is 6.19. The Labute approximate surface area is 220 Å². The van der Waals surface area contributed by atoms with Crippen molar-refractivity contribution in [3.8, 4) is 5.75 Å². The number of hydrogen-bond acceptors (Lipinski definition) is 7. The van der Waals surface area contributed by atoms with Crippen molar-refractivity contribution in [2.45, 2.75) is 56.5 Å². The number of methoxy groups -OCH3 is 1. The molecule has 2 atom stereocenters. The highest BCUT2D eigenvalue weighted by Gasteiger charge is 2.47. The Morgan fingerprint density at radius 2 is 1.86 bits per heavy atom. The smallest absolute Gasteiger partial charge is 0.410 e. The van der Waals surface area contributed by atoms with E-state index in [0.717, 1.165) is 12.0 Å². The van der Waals surface area contributed by atoms with Gasteiger partial charge in [0.25, 0.3) is 10.0 Å². The minimum atomic E-state index is -3.91. The lowest BCUT2D eigenvalue weighted by atomic mass is 9.89. The van der Waals surface area contributed by atoms with Crippen LogP contribution in [0.25, 0.3) is 0 Å². The second-order valence-corrected chi connectivity index (χ2v) is 11.7. The lowest BCUT2D eigenvalue weighted by Crippen LogP contribution is -2.66. The summed E-state index contributed by atoms with van der Waals surface area (Å²) in [6.45, 7) is 7.26. The summed E-state index contributed by atoms with van der Waals surface area (Å²) in [6, 6.07) is 13.1. The molecule has 1 amide bonds. The van der Waals surface area contributed by atoms with Gasteiger partial charge in [0.05, 0.1) is 36.4 Å². The fourth-order valence-corrected chi connectivity index (χ4v) is 6.25. The minimum Gasteiger partial charge on any atom is -0.506 e. The normalized spacial score (nSPS) is 16.4. The van der Waals surface area contributed by atoms with E-state index in [2.05, 4.69) is 0 Å². The van der Waals surface area contributed by atoms with Crippen LogP contribution in [-0.2, 0) is 25.9 Å². The molecule has 1 heterocycles. The average molecular weight is 534 g/mol. The monoisotopic (exact) mass is 533 g/mol. The quantitative estimate of drug-likeness (QED) is 0.426. The summed E-state index contributed by atoms with van der Waals surface area (Å²) < 4.78 is 38.7. The van der Waals surface area contributed by atoms with Gasteiger partial charge in [-0.05, 0) is 68.5 Å². The first-order valence-electron chi connectivity index (χ1n) is 12.6. The van der Waals surface area contributed by atoms with Gasteiger partial charge in [0.1, 0.15) is 5.75 Å². The predicted molar refractivity (Wildman–Crippen MR) is 143 cm³/mol. The highest BCUT2D eigenvalue weighted by atomic mass is 32.2. The molecule has 1 aliphatic rings. The molecule has 3 rings (SSSR count). The molecule has 0 spiro atoms. The maximum atomic E-state index is 13.5. The molecule has 1 fully saturated rings. The number of ether oxygens (including phenoxy) is 2. The van der Waals surface area contributed by atoms with E-state index in [-0.39, 0.29) is 46.5 Å². The maximum Gasteiger partial charge on any atom is 0.410 e. The zero-order valence-corrected chi connectivity index (χ0v) is 22.9. The number of anilines is 1. The van der Waals surface area contributed by atoms with Crippen LogP contribution in [0.2, 0.25) is 0 Å². The van der Waals surface area contributed by atoms with Gasteiger partial charge >= 0.3 is 6.09 Å². The molecule has 0 aromatic heterocycles. The molecule has 2 aromatic carbocycles. The molecule has 3 N–H and O–H groups in total. The first-order valence-corrected chi connectivity index (χ1v) is 14.1.